The number of anilines is 1. The number of fused-ring (bicyclic) bond motifs is 1. The average Bonchev–Trinajstić information content (AvgIpc) is 2.73. The number of nitrogens with two attached hydrogens (primary N) is 1. The van der Waals surface area contributed by atoms with Crippen LogP contribution in [0.15, 0.2) is 33.7 Å². The van der Waals surface area contributed by atoms with Gasteiger partial charge in [-0.25, -0.2) is 13.1 Å². The van der Waals surface area contributed by atoms with Crippen LogP contribution in [0, 0.1) is 0 Å². The van der Waals surface area contributed by atoms with Crippen LogP contribution in [-0.4, -0.2) is 27.4 Å². The summed E-state index contributed by atoms with van der Waals surface area (Å²) in [4.78, 5) is 11.4. The van der Waals surface area contributed by atoms with Crippen molar-refractivity contribution in [1.82, 2.24) is 4.72 Å². The Morgan fingerprint density at radius 1 is 1.40 bits per heavy atom. The van der Waals surface area contributed by atoms with E-state index in [1.807, 2.05) is 0 Å². The normalized spacial score (nSPS) is 14.6. The number of carbonyl (C=O) groups is 1. The topological polar surface area (TPSA) is 101 Å². The van der Waals surface area contributed by atoms with Gasteiger partial charge in [0.25, 0.3) is 0 Å². The van der Waals surface area contributed by atoms with Gasteiger partial charge < -0.3 is 11.1 Å². The van der Waals surface area contributed by atoms with Gasteiger partial charge in [-0.15, -0.1) is 0 Å². The van der Waals surface area contributed by atoms with Gasteiger partial charge >= 0.3 is 0 Å². The van der Waals surface area contributed by atoms with Crippen LogP contribution >= 0.6 is 15.9 Å². The lowest BCUT2D eigenvalue weighted by Crippen LogP contribution is -2.24. The number of carbonyl (C=O) groups excluding carboxylic acids is 1. The summed E-state index contributed by atoms with van der Waals surface area (Å²) in [6.07, 6.45) is 3.50. The fourth-order valence-electron chi connectivity index (χ4n) is 1.85. The molecular formula is C12H14BrN3O3S. The van der Waals surface area contributed by atoms with Crippen LogP contribution in [0.2, 0.25) is 0 Å². The van der Waals surface area contributed by atoms with Gasteiger partial charge in [0, 0.05) is 23.2 Å². The van der Waals surface area contributed by atoms with E-state index in [0.717, 1.165) is 0 Å². The first-order chi connectivity index (χ1) is 9.44. The molecule has 1 amide bonds. The van der Waals surface area contributed by atoms with Crippen molar-refractivity contribution in [3.8, 4) is 0 Å². The van der Waals surface area contributed by atoms with Crippen molar-refractivity contribution in [1.29, 1.82) is 0 Å². The Bertz CT molecular complexity index is 671. The van der Waals surface area contributed by atoms with Crippen molar-refractivity contribution < 1.29 is 13.2 Å². The molecule has 1 aliphatic rings. The number of halogens is 1. The summed E-state index contributed by atoms with van der Waals surface area (Å²) in [7, 11) is -3.64. The van der Waals surface area contributed by atoms with E-state index in [1.54, 1.807) is 18.2 Å². The second-order valence-corrected chi connectivity index (χ2v) is 6.81. The van der Waals surface area contributed by atoms with E-state index in [1.165, 1.54) is 6.07 Å². The van der Waals surface area contributed by atoms with Gasteiger partial charge in [0.2, 0.25) is 15.9 Å². The molecule has 0 radical (unpaired) electrons. The Hall–Kier alpha value is -1.22. The Labute approximate surface area is 125 Å². The van der Waals surface area contributed by atoms with E-state index < -0.39 is 10.0 Å². The molecule has 8 heteroatoms. The van der Waals surface area contributed by atoms with E-state index >= 15 is 0 Å². The van der Waals surface area contributed by atoms with Crippen molar-refractivity contribution in [3.63, 3.8) is 0 Å². The zero-order valence-corrected chi connectivity index (χ0v) is 12.9. The second kappa shape index (κ2) is 6.04. The van der Waals surface area contributed by atoms with Gasteiger partial charge in [-0.05, 0) is 33.6 Å². The molecular weight excluding hydrogens is 346 g/mol. The molecule has 0 atom stereocenters. The smallest absolute Gasteiger partial charge is 0.241 e. The van der Waals surface area contributed by atoms with Crippen LogP contribution < -0.4 is 15.8 Å². The lowest BCUT2D eigenvalue weighted by Gasteiger charge is -2.09. The molecule has 0 bridgehead atoms. The summed E-state index contributed by atoms with van der Waals surface area (Å²) in [6, 6.07) is 3.11. The SMILES string of the molecule is NC/C=C/CNS(=O)(=O)c1cc2c(cc1Br)NC(=O)C2. The standard InChI is InChI=1S/C12H14BrN3O3S/c13-9-7-10-8(6-12(17)16-10)5-11(9)20(18,19)15-4-2-1-3-14/h1-2,5,7,15H,3-4,6,14H2,(H,16,17)/b2-1+. The molecule has 0 spiro atoms. The quantitative estimate of drug-likeness (QED) is 0.674. The number of amides is 1. The van der Waals surface area contributed by atoms with Crippen molar-refractivity contribution in [2.45, 2.75) is 11.3 Å². The van der Waals surface area contributed by atoms with Crippen molar-refractivity contribution in [2.24, 2.45) is 5.73 Å². The lowest BCUT2D eigenvalue weighted by molar-refractivity contribution is -0.115. The van der Waals surface area contributed by atoms with Gasteiger partial charge in [0.15, 0.2) is 0 Å². The number of benzene rings is 1. The summed E-state index contributed by atoms with van der Waals surface area (Å²) >= 11 is 3.22. The number of hydrogen-bond acceptors (Lipinski definition) is 4. The van der Waals surface area contributed by atoms with Gasteiger partial charge in [-0.1, -0.05) is 12.2 Å². The first-order valence-corrected chi connectivity index (χ1v) is 8.18. The van der Waals surface area contributed by atoms with Crippen LogP contribution in [0.1, 0.15) is 5.56 Å². The Morgan fingerprint density at radius 3 is 2.85 bits per heavy atom. The molecule has 0 saturated heterocycles. The Balaban J connectivity index is 2.26. The molecule has 1 heterocycles. The molecule has 4 N–H and O–H groups in total. The average molecular weight is 360 g/mol. The molecule has 1 aromatic carbocycles. The van der Waals surface area contributed by atoms with E-state index in [0.29, 0.717) is 22.3 Å². The van der Waals surface area contributed by atoms with Gasteiger partial charge in [0.05, 0.1) is 11.3 Å². The summed E-state index contributed by atoms with van der Waals surface area (Å²) in [5.74, 6) is -0.139. The summed E-state index contributed by atoms with van der Waals surface area (Å²) in [5.41, 5.74) is 6.60. The third kappa shape index (κ3) is 3.26. The minimum atomic E-state index is -3.64. The van der Waals surface area contributed by atoms with E-state index in [-0.39, 0.29) is 23.8 Å². The van der Waals surface area contributed by atoms with E-state index in [9.17, 15) is 13.2 Å². The molecule has 0 fully saturated rings. The zero-order chi connectivity index (χ0) is 14.8. The monoisotopic (exact) mass is 359 g/mol. The fraction of sp³-hybridized carbons (Fsp3) is 0.250. The predicted octanol–water partition coefficient (Wildman–Crippen LogP) is 0.737. The largest absolute Gasteiger partial charge is 0.327 e. The van der Waals surface area contributed by atoms with Gasteiger partial charge in [-0.2, -0.15) is 0 Å². The Kier molecular flexibility index (Phi) is 4.59. The van der Waals surface area contributed by atoms with Crippen LogP contribution in [0.4, 0.5) is 5.69 Å². The molecule has 0 unspecified atom stereocenters. The number of rotatable bonds is 5. The summed E-state index contributed by atoms with van der Waals surface area (Å²) in [6.45, 7) is 0.526. The minimum Gasteiger partial charge on any atom is -0.327 e. The molecule has 1 aromatic rings. The maximum atomic E-state index is 12.2. The lowest BCUT2D eigenvalue weighted by atomic mass is 10.2. The van der Waals surface area contributed by atoms with Crippen molar-refractivity contribution >= 4 is 37.5 Å². The van der Waals surface area contributed by atoms with Crippen LogP contribution in [-0.2, 0) is 21.2 Å². The minimum absolute atomic E-state index is 0.119. The second-order valence-electron chi connectivity index (χ2n) is 4.22. The van der Waals surface area contributed by atoms with E-state index in [4.69, 9.17) is 5.73 Å². The number of nitrogens with one attached hydrogen (secondary N) is 2. The Morgan fingerprint density at radius 2 is 2.15 bits per heavy atom. The summed E-state index contributed by atoms with van der Waals surface area (Å²) in [5, 5.41) is 2.67. The highest BCUT2D eigenvalue weighted by molar-refractivity contribution is 9.10. The van der Waals surface area contributed by atoms with Gasteiger partial charge in [-0.3, -0.25) is 4.79 Å². The number of hydrogen-bond donors (Lipinski definition) is 3. The molecule has 20 heavy (non-hydrogen) atoms. The highest BCUT2D eigenvalue weighted by Gasteiger charge is 2.24. The zero-order valence-electron chi connectivity index (χ0n) is 10.5. The van der Waals surface area contributed by atoms with Gasteiger partial charge in [0.1, 0.15) is 0 Å². The molecule has 6 nitrogen and oxygen atoms in total. The fourth-order valence-corrected chi connectivity index (χ4v) is 3.91. The molecule has 108 valence electrons. The maximum absolute atomic E-state index is 12.2. The van der Waals surface area contributed by atoms with E-state index in [2.05, 4.69) is 26.0 Å². The molecule has 0 saturated carbocycles. The summed E-state index contributed by atoms with van der Waals surface area (Å²) < 4.78 is 27.2. The highest BCUT2D eigenvalue weighted by Crippen LogP contribution is 2.32. The number of sulfonamides is 1. The molecule has 0 aliphatic carbocycles. The highest BCUT2D eigenvalue weighted by atomic mass is 79.9. The van der Waals surface area contributed by atoms with Crippen LogP contribution in [0.25, 0.3) is 0 Å². The van der Waals surface area contributed by atoms with Crippen molar-refractivity contribution in [2.75, 3.05) is 18.4 Å². The molecule has 2 rings (SSSR count). The first-order valence-electron chi connectivity index (χ1n) is 5.91. The molecule has 1 aliphatic heterocycles. The van der Waals surface area contributed by atoms with Crippen LogP contribution in [0.5, 0.6) is 0 Å². The first kappa shape index (κ1) is 15.2. The third-order valence-corrected chi connectivity index (χ3v) is 5.15. The van der Waals surface area contributed by atoms with Crippen LogP contribution in [0.3, 0.4) is 0 Å². The third-order valence-electron chi connectivity index (χ3n) is 2.77. The molecule has 0 aromatic heterocycles. The maximum Gasteiger partial charge on any atom is 0.241 e. The van der Waals surface area contributed by atoms with Crippen molar-refractivity contribution in [3.05, 3.63) is 34.3 Å². The predicted molar refractivity (Wildman–Crippen MR) is 79.9 cm³/mol.